The minimum Gasteiger partial charge on any atom is -0.488 e. The second kappa shape index (κ2) is 9.97. The predicted octanol–water partition coefficient (Wildman–Crippen LogP) is 5.61. The first kappa shape index (κ1) is 25.0. The Bertz CT molecular complexity index is 1220. The molecule has 2 aliphatic rings. The summed E-state index contributed by atoms with van der Waals surface area (Å²) in [4.78, 5) is 6.47. The van der Waals surface area contributed by atoms with Crippen LogP contribution in [0.15, 0.2) is 30.3 Å². The summed E-state index contributed by atoms with van der Waals surface area (Å²) in [6.07, 6.45) is -2.24. The molecule has 2 aliphatic heterocycles. The molecule has 1 fully saturated rings. The van der Waals surface area contributed by atoms with E-state index in [2.05, 4.69) is 4.98 Å². The quantitative estimate of drug-likeness (QED) is 0.399. The molecule has 4 nitrogen and oxygen atoms in total. The minimum absolute atomic E-state index is 0.00657. The van der Waals surface area contributed by atoms with Crippen LogP contribution < -0.4 is 4.74 Å². The number of ether oxygens (including phenoxy) is 1. The number of hydrogen-bond acceptors (Lipinski definition) is 3. The van der Waals surface area contributed by atoms with E-state index in [1.807, 2.05) is 4.90 Å². The topological polar surface area (TPSA) is 31.5 Å². The minimum atomic E-state index is -2.72. The van der Waals surface area contributed by atoms with Gasteiger partial charge in [-0.3, -0.25) is 14.2 Å². The van der Waals surface area contributed by atoms with Crippen LogP contribution in [0.4, 0.5) is 26.3 Å². The van der Waals surface area contributed by atoms with Crippen molar-refractivity contribution in [3.8, 4) is 5.75 Å². The van der Waals surface area contributed by atoms with E-state index in [1.165, 1.54) is 23.1 Å². The first-order chi connectivity index (χ1) is 17.2. The molecule has 0 bridgehead atoms. The van der Waals surface area contributed by atoms with Crippen molar-refractivity contribution < 1.29 is 31.1 Å². The van der Waals surface area contributed by atoms with Gasteiger partial charge < -0.3 is 9.72 Å². The lowest BCUT2D eigenvalue weighted by molar-refractivity contribution is 0.0179. The first-order valence-electron chi connectivity index (χ1n) is 12.0. The van der Waals surface area contributed by atoms with Crippen LogP contribution in [0.3, 0.4) is 0 Å². The molecule has 194 valence electrons. The maximum Gasteiger partial charge on any atom is 0.251 e. The number of H-pyrrole nitrogens is 1. The molecule has 2 aromatic carbocycles. The summed E-state index contributed by atoms with van der Waals surface area (Å²) in [6.45, 7) is 2.28. The number of aromatic amines is 1. The van der Waals surface area contributed by atoms with Crippen LogP contribution in [-0.2, 0) is 6.42 Å². The number of aromatic nitrogens is 1. The summed E-state index contributed by atoms with van der Waals surface area (Å²) >= 11 is 0. The van der Waals surface area contributed by atoms with Crippen molar-refractivity contribution in [2.75, 3.05) is 32.9 Å². The van der Waals surface area contributed by atoms with Gasteiger partial charge in [0, 0.05) is 60.0 Å². The fourth-order valence-electron chi connectivity index (χ4n) is 5.43. The number of benzene rings is 2. The zero-order valence-corrected chi connectivity index (χ0v) is 19.7. The van der Waals surface area contributed by atoms with Crippen LogP contribution in [-0.4, -0.2) is 66.2 Å². The number of rotatable bonds is 8. The highest BCUT2D eigenvalue weighted by Crippen LogP contribution is 2.43. The Hall–Kier alpha value is -2.72. The van der Waals surface area contributed by atoms with Crippen molar-refractivity contribution in [1.29, 1.82) is 0 Å². The maximum absolute atomic E-state index is 15.5. The summed E-state index contributed by atoms with van der Waals surface area (Å²) < 4.78 is 90.1. The van der Waals surface area contributed by atoms with Gasteiger partial charge in [-0.1, -0.05) is 0 Å². The van der Waals surface area contributed by atoms with Crippen LogP contribution in [0.25, 0.3) is 10.9 Å². The fraction of sp³-hybridized carbons (Fsp3) is 0.462. The van der Waals surface area contributed by atoms with E-state index in [0.717, 1.165) is 12.1 Å². The van der Waals surface area contributed by atoms with Crippen molar-refractivity contribution in [2.24, 2.45) is 0 Å². The summed E-state index contributed by atoms with van der Waals surface area (Å²) in [7, 11) is 0. The van der Waals surface area contributed by atoms with E-state index >= 15 is 8.78 Å². The van der Waals surface area contributed by atoms with Gasteiger partial charge in [0.05, 0.1) is 19.3 Å². The normalized spacial score (nSPS) is 21.2. The number of halogens is 6. The average Bonchev–Trinajstić information content (AvgIpc) is 3.13. The molecule has 3 aromatic rings. The Morgan fingerprint density at radius 3 is 2.47 bits per heavy atom. The summed E-state index contributed by atoms with van der Waals surface area (Å²) in [5, 5.41) is 0.571. The maximum atomic E-state index is 15.5. The lowest BCUT2D eigenvalue weighted by Gasteiger charge is -2.41. The SMILES string of the molecule is C[C@@H]1Cc2c([nH]c3ccc(F)cc23)C(c2c(F)cc(OC3CN(CCCF)C3)cc2F)N1CC(F)F. The first-order valence-corrected chi connectivity index (χ1v) is 12.0. The van der Waals surface area contributed by atoms with E-state index in [-0.39, 0.29) is 17.4 Å². The Morgan fingerprint density at radius 1 is 1.08 bits per heavy atom. The highest BCUT2D eigenvalue weighted by Gasteiger charge is 2.40. The van der Waals surface area contributed by atoms with Crippen molar-refractivity contribution in [2.45, 2.75) is 44.4 Å². The number of nitrogens with zero attached hydrogens (tertiary/aromatic N) is 2. The molecule has 0 spiro atoms. The van der Waals surface area contributed by atoms with Crippen LogP contribution >= 0.6 is 0 Å². The largest absolute Gasteiger partial charge is 0.488 e. The third kappa shape index (κ3) is 4.68. The van der Waals surface area contributed by atoms with Gasteiger partial charge in [-0.2, -0.15) is 0 Å². The van der Waals surface area contributed by atoms with Crippen LogP contribution in [0, 0.1) is 17.5 Å². The molecular weight excluding hydrogens is 484 g/mol. The second-order valence-electron chi connectivity index (χ2n) is 9.59. The lowest BCUT2D eigenvalue weighted by Crippen LogP contribution is -2.53. The van der Waals surface area contributed by atoms with Gasteiger partial charge in [-0.15, -0.1) is 0 Å². The lowest BCUT2D eigenvalue weighted by atomic mass is 9.88. The fourth-order valence-corrected chi connectivity index (χ4v) is 5.43. The highest BCUT2D eigenvalue weighted by atomic mass is 19.3. The van der Waals surface area contributed by atoms with Crippen molar-refractivity contribution in [1.82, 2.24) is 14.8 Å². The molecule has 1 aromatic heterocycles. The van der Waals surface area contributed by atoms with Gasteiger partial charge in [-0.25, -0.2) is 22.0 Å². The molecule has 0 aliphatic carbocycles. The Morgan fingerprint density at radius 2 is 1.81 bits per heavy atom. The molecule has 0 saturated carbocycles. The molecule has 1 unspecified atom stereocenters. The molecule has 36 heavy (non-hydrogen) atoms. The standard InChI is InChI=1S/C26H27F6N3O/c1-14-7-19-18-8-15(28)3-4-22(18)33-25(19)26(35(14)13-23(31)32)24-20(29)9-16(10-21(24)30)36-17-11-34(12-17)6-2-5-27/h3-4,8-10,14,17,23,26,33H,2,5-7,11-13H2,1H3/t14-,26?/m1/s1. The number of alkyl halides is 3. The highest BCUT2D eigenvalue weighted by molar-refractivity contribution is 5.85. The second-order valence-corrected chi connectivity index (χ2v) is 9.59. The van der Waals surface area contributed by atoms with Gasteiger partial charge in [0.2, 0.25) is 0 Å². The molecule has 0 amide bonds. The van der Waals surface area contributed by atoms with E-state index in [9.17, 15) is 17.6 Å². The van der Waals surface area contributed by atoms with Gasteiger partial charge in [0.15, 0.2) is 0 Å². The average molecular weight is 512 g/mol. The van der Waals surface area contributed by atoms with Gasteiger partial charge in [0.1, 0.15) is 29.3 Å². The van der Waals surface area contributed by atoms with E-state index in [4.69, 9.17) is 4.74 Å². The summed E-state index contributed by atoms with van der Waals surface area (Å²) in [5.74, 6) is -2.27. The summed E-state index contributed by atoms with van der Waals surface area (Å²) in [6, 6.07) is 4.67. The number of fused-ring (bicyclic) bond motifs is 3. The van der Waals surface area contributed by atoms with Gasteiger partial charge in [0.25, 0.3) is 6.43 Å². The molecule has 0 radical (unpaired) electrons. The van der Waals surface area contributed by atoms with Crippen LogP contribution in [0.2, 0.25) is 0 Å². The van der Waals surface area contributed by atoms with E-state index < -0.39 is 49.2 Å². The number of hydrogen-bond donors (Lipinski definition) is 1. The van der Waals surface area contributed by atoms with Crippen LogP contribution in [0.1, 0.15) is 36.2 Å². The van der Waals surface area contributed by atoms with E-state index in [1.54, 1.807) is 6.92 Å². The Labute approximate surface area is 204 Å². The molecule has 5 rings (SSSR count). The zero-order valence-electron chi connectivity index (χ0n) is 19.7. The van der Waals surface area contributed by atoms with Crippen molar-refractivity contribution in [3.63, 3.8) is 0 Å². The smallest absolute Gasteiger partial charge is 0.251 e. The molecule has 2 atom stereocenters. The molecule has 10 heteroatoms. The summed E-state index contributed by atoms with van der Waals surface area (Å²) in [5.41, 5.74) is 1.25. The zero-order chi connectivity index (χ0) is 25.6. The Kier molecular flexibility index (Phi) is 6.91. The monoisotopic (exact) mass is 511 g/mol. The molecule has 1 saturated heterocycles. The molecule has 1 N–H and O–H groups in total. The van der Waals surface area contributed by atoms with Crippen molar-refractivity contribution in [3.05, 3.63) is 64.6 Å². The van der Waals surface area contributed by atoms with Gasteiger partial charge in [-0.05, 0) is 43.5 Å². The Balaban J connectivity index is 1.50. The van der Waals surface area contributed by atoms with Crippen molar-refractivity contribution >= 4 is 10.9 Å². The van der Waals surface area contributed by atoms with E-state index in [0.29, 0.717) is 54.6 Å². The number of nitrogens with one attached hydrogen (secondary N) is 1. The number of likely N-dealkylation sites (tertiary alicyclic amines) is 1. The van der Waals surface area contributed by atoms with Gasteiger partial charge >= 0.3 is 0 Å². The molecule has 3 heterocycles. The molecular formula is C26H27F6N3O. The third-order valence-electron chi connectivity index (χ3n) is 7.08. The third-order valence-corrected chi connectivity index (χ3v) is 7.08. The van der Waals surface area contributed by atoms with Crippen LogP contribution in [0.5, 0.6) is 5.75 Å². The predicted molar refractivity (Wildman–Crippen MR) is 124 cm³/mol.